The van der Waals surface area contributed by atoms with E-state index < -0.39 is 18.1 Å². The number of nitrogens with zero attached hydrogens (tertiary/aromatic N) is 2. The lowest BCUT2D eigenvalue weighted by Crippen LogP contribution is -2.44. The first-order chi connectivity index (χ1) is 18.9. The van der Waals surface area contributed by atoms with Gasteiger partial charge in [0, 0.05) is 37.9 Å². The largest absolute Gasteiger partial charge is 0.467 e. The number of pyridine rings is 1. The molecule has 0 unspecified atom stereocenters. The second-order valence-corrected chi connectivity index (χ2v) is 9.97. The fraction of sp³-hybridized carbons (Fsp3) is 0.533. The summed E-state index contributed by atoms with van der Waals surface area (Å²) in [6.45, 7) is 4.11. The minimum absolute atomic E-state index is 0.0799. The Hall–Kier alpha value is -3.46. The number of rotatable bonds is 15. The van der Waals surface area contributed by atoms with Gasteiger partial charge in [-0.25, -0.2) is 9.59 Å². The molecule has 0 aliphatic heterocycles. The highest BCUT2D eigenvalue weighted by Crippen LogP contribution is 2.20. The average molecular weight is 539 g/mol. The lowest BCUT2D eigenvalue weighted by atomic mass is 9.95. The highest BCUT2D eigenvalue weighted by Gasteiger charge is 2.23. The molecule has 0 spiro atoms. The first-order valence-electron chi connectivity index (χ1n) is 13.9. The summed E-state index contributed by atoms with van der Waals surface area (Å²) < 4.78 is 10.2. The number of benzene rings is 1. The van der Waals surface area contributed by atoms with Crippen molar-refractivity contribution in [2.75, 3.05) is 33.3 Å². The molecule has 0 radical (unpaired) electrons. The summed E-state index contributed by atoms with van der Waals surface area (Å²) in [5.41, 5.74) is 4.66. The van der Waals surface area contributed by atoms with Crippen molar-refractivity contribution >= 4 is 18.0 Å². The summed E-state index contributed by atoms with van der Waals surface area (Å²) >= 11 is 0. The van der Waals surface area contributed by atoms with Crippen LogP contribution in [0.1, 0.15) is 61.5 Å². The van der Waals surface area contributed by atoms with Crippen LogP contribution < -0.4 is 10.6 Å². The van der Waals surface area contributed by atoms with Crippen LogP contribution in [0.3, 0.4) is 0 Å². The second-order valence-electron chi connectivity index (χ2n) is 9.97. The van der Waals surface area contributed by atoms with Crippen LogP contribution in [0.15, 0.2) is 42.5 Å². The molecule has 3 rings (SSSR count). The molecule has 2 N–H and O–H groups in total. The number of nitrogens with one attached hydrogen (secondary N) is 2. The van der Waals surface area contributed by atoms with Crippen LogP contribution in [0, 0.1) is 0 Å². The Bertz CT molecular complexity index is 1060. The van der Waals surface area contributed by atoms with Crippen molar-refractivity contribution in [2.24, 2.45) is 0 Å². The maximum Gasteiger partial charge on any atom is 0.408 e. The summed E-state index contributed by atoms with van der Waals surface area (Å²) in [6.07, 6.45) is 7.25. The van der Waals surface area contributed by atoms with Gasteiger partial charge in [-0.1, -0.05) is 36.4 Å². The molecule has 0 saturated carbocycles. The van der Waals surface area contributed by atoms with Crippen LogP contribution in [0.2, 0.25) is 0 Å². The molecule has 1 aromatic carbocycles. The van der Waals surface area contributed by atoms with E-state index in [1.807, 2.05) is 30.3 Å². The van der Waals surface area contributed by atoms with Crippen LogP contribution in [-0.2, 0) is 44.9 Å². The van der Waals surface area contributed by atoms with E-state index in [4.69, 9.17) is 14.5 Å². The minimum atomic E-state index is -0.832. The number of ether oxygens (including phenoxy) is 2. The highest BCUT2D eigenvalue weighted by atomic mass is 16.6. The Morgan fingerprint density at radius 3 is 2.56 bits per heavy atom. The normalized spacial score (nSPS) is 13.3. The quantitative estimate of drug-likeness (QED) is 0.263. The smallest absolute Gasteiger partial charge is 0.408 e. The van der Waals surface area contributed by atoms with Gasteiger partial charge in [0.2, 0.25) is 5.91 Å². The SMILES string of the molecule is COC(=O)[C@@H](CCN(CCCCc1ccc2c(n1)CCCC2)CCNC(C)=O)NC(=O)OCc1ccccc1. The summed E-state index contributed by atoms with van der Waals surface area (Å²) in [7, 11) is 1.30. The van der Waals surface area contributed by atoms with E-state index in [2.05, 4.69) is 27.7 Å². The van der Waals surface area contributed by atoms with Gasteiger partial charge in [-0.05, 0) is 75.1 Å². The Morgan fingerprint density at radius 1 is 1.00 bits per heavy atom. The Kier molecular flexibility index (Phi) is 12.7. The van der Waals surface area contributed by atoms with Crippen molar-refractivity contribution in [3.63, 3.8) is 0 Å². The van der Waals surface area contributed by atoms with Gasteiger partial charge in [0.05, 0.1) is 7.11 Å². The average Bonchev–Trinajstić information content (AvgIpc) is 2.95. The number of carbonyl (C=O) groups is 3. The molecule has 2 amide bonds. The number of carbonyl (C=O) groups excluding carboxylic acids is 3. The van der Waals surface area contributed by atoms with Crippen LogP contribution in [0.25, 0.3) is 0 Å². The number of esters is 1. The molecule has 9 heteroatoms. The molecule has 1 aromatic heterocycles. The van der Waals surface area contributed by atoms with Crippen molar-refractivity contribution in [1.29, 1.82) is 0 Å². The van der Waals surface area contributed by atoms with Gasteiger partial charge < -0.3 is 25.0 Å². The fourth-order valence-corrected chi connectivity index (χ4v) is 4.74. The number of unbranched alkanes of at least 4 members (excludes halogenated alkanes) is 1. The number of aromatic nitrogens is 1. The predicted molar refractivity (Wildman–Crippen MR) is 149 cm³/mol. The number of amides is 2. The summed E-state index contributed by atoms with van der Waals surface area (Å²) in [4.78, 5) is 43.2. The van der Waals surface area contributed by atoms with Crippen LogP contribution in [-0.4, -0.2) is 67.2 Å². The van der Waals surface area contributed by atoms with E-state index in [1.165, 1.54) is 38.1 Å². The molecule has 1 aliphatic carbocycles. The monoisotopic (exact) mass is 538 g/mol. The lowest BCUT2D eigenvalue weighted by Gasteiger charge is -2.25. The zero-order chi connectivity index (χ0) is 27.9. The van der Waals surface area contributed by atoms with Crippen LogP contribution in [0.4, 0.5) is 4.79 Å². The van der Waals surface area contributed by atoms with Gasteiger partial charge in [-0.15, -0.1) is 0 Å². The third-order valence-electron chi connectivity index (χ3n) is 6.92. The third-order valence-corrected chi connectivity index (χ3v) is 6.92. The molecule has 0 fully saturated rings. The number of fused-ring (bicyclic) bond motifs is 1. The van der Waals surface area contributed by atoms with Crippen LogP contribution in [0.5, 0.6) is 0 Å². The van der Waals surface area contributed by atoms with Crippen molar-refractivity contribution in [3.8, 4) is 0 Å². The first-order valence-corrected chi connectivity index (χ1v) is 13.9. The predicted octanol–water partition coefficient (Wildman–Crippen LogP) is 3.58. The minimum Gasteiger partial charge on any atom is -0.467 e. The summed E-state index contributed by atoms with van der Waals surface area (Å²) in [5.74, 6) is -0.601. The molecule has 0 bridgehead atoms. The first kappa shape index (κ1) is 30.1. The molecule has 212 valence electrons. The van der Waals surface area contributed by atoms with Crippen molar-refractivity contribution in [3.05, 3.63) is 65.0 Å². The lowest BCUT2D eigenvalue weighted by molar-refractivity contribution is -0.143. The Labute approximate surface area is 231 Å². The maximum absolute atomic E-state index is 12.4. The topological polar surface area (TPSA) is 110 Å². The molecule has 1 atom stereocenters. The summed E-state index contributed by atoms with van der Waals surface area (Å²) in [5, 5.41) is 5.48. The van der Waals surface area contributed by atoms with E-state index in [0.29, 0.717) is 26.1 Å². The summed E-state index contributed by atoms with van der Waals surface area (Å²) in [6, 6.07) is 12.9. The molecule has 9 nitrogen and oxygen atoms in total. The zero-order valence-corrected chi connectivity index (χ0v) is 23.2. The standard InChI is InChI=1S/C30H42N4O5/c1-23(35)31-18-21-34(19-9-8-13-26-16-15-25-12-6-7-14-27(25)32-26)20-17-28(29(36)38-2)33-30(37)39-22-24-10-4-3-5-11-24/h3-5,10-11,15-16,28H,6-9,12-14,17-22H2,1-2H3,(H,31,35)(H,33,37)/t28-/m1/s1. The van der Waals surface area contributed by atoms with E-state index in [9.17, 15) is 14.4 Å². The van der Waals surface area contributed by atoms with Gasteiger partial charge in [-0.3, -0.25) is 9.78 Å². The highest BCUT2D eigenvalue weighted by molar-refractivity contribution is 5.81. The Morgan fingerprint density at radius 2 is 1.79 bits per heavy atom. The van der Waals surface area contributed by atoms with Gasteiger partial charge in [-0.2, -0.15) is 0 Å². The zero-order valence-electron chi connectivity index (χ0n) is 23.2. The molecular weight excluding hydrogens is 496 g/mol. The molecule has 1 heterocycles. The van der Waals surface area contributed by atoms with Gasteiger partial charge >= 0.3 is 12.1 Å². The number of methoxy groups -OCH3 is 1. The molecule has 2 aromatic rings. The number of alkyl carbamates (subject to hydrolysis) is 1. The molecular formula is C30H42N4O5. The van der Waals surface area contributed by atoms with Crippen LogP contribution >= 0.6 is 0 Å². The fourth-order valence-electron chi connectivity index (χ4n) is 4.74. The van der Waals surface area contributed by atoms with Gasteiger partial charge in [0.1, 0.15) is 12.6 Å². The van der Waals surface area contributed by atoms with E-state index >= 15 is 0 Å². The maximum atomic E-state index is 12.4. The number of hydrogen-bond acceptors (Lipinski definition) is 7. The number of aryl methyl sites for hydroxylation is 3. The molecule has 1 aliphatic rings. The van der Waals surface area contributed by atoms with Crippen molar-refractivity contribution in [1.82, 2.24) is 20.5 Å². The molecule has 39 heavy (non-hydrogen) atoms. The van der Waals surface area contributed by atoms with Gasteiger partial charge in [0.25, 0.3) is 0 Å². The second kappa shape index (κ2) is 16.5. The van der Waals surface area contributed by atoms with E-state index in [0.717, 1.165) is 49.9 Å². The van der Waals surface area contributed by atoms with E-state index in [-0.39, 0.29) is 12.5 Å². The molecule has 0 saturated heterocycles. The van der Waals surface area contributed by atoms with Crippen molar-refractivity contribution in [2.45, 2.75) is 70.9 Å². The van der Waals surface area contributed by atoms with E-state index in [1.54, 1.807) is 0 Å². The van der Waals surface area contributed by atoms with Crippen molar-refractivity contribution < 1.29 is 23.9 Å². The van der Waals surface area contributed by atoms with Gasteiger partial charge in [0.15, 0.2) is 0 Å². The third kappa shape index (κ3) is 11.0. The number of hydrogen-bond donors (Lipinski definition) is 2. The Balaban J connectivity index is 1.48.